The molecule has 0 aliphatic carbocycles. The second-order valence-electron chi connectivity index (χ2n) is 5.89. The molecule has 0 fully saturated rings. The average molecular weight is 327 g/mol. The van der Waals surface area contributed by atoms with E-state index < -0.39 is 0 Å². The van der Waals surface area contributed by atoms with E-state index in [-0.39, 0.29) is 0 Å². The number of anilines is 3. The summed E-state index contributed by atoms with van der Waals surface area (Å²) in [7, 11) is 0. The van der Waals surface area contributed by atoms with Crippen LogP contribution in [0.2, 0.25) is 0 Å². The fraction of sp³-hybridized carbons (Fsp3) is 0. The van der Waals surface area contributed by atoms with Gasteiger partial charge in [-0.25, -0.2) is 0 Å². The molecule has 3 rings (SSSR count). The first-order valence-electron chi connectivity index (χ1n) is 8.07. The van der Waals surface area contributed by atoms with E-state index in [9.17, 15) is 0 Å². The van der Waals surface area contributed by atoms with E-state index in [2.05, 4.69) is 0 Å². The fourth-order valence-electron chi connectivity index (χ4n) is 2.44. The van der Waals surface area contributed by atoms with Gasteiger partial charge in [-0.15, -0.1) is 0 Å². The van der Waals surface area contributed by atoms with Crippen LogP contribution in [-0.4, -0.2) is 0 Å². The molecule has 0 heterocycles. The highest BCUT2D eigenvalue weighted by Crippen LogP contribution is 2.20. The summed E-state index contributed by atoms with van der Waals surface area (Å²) in [6, 6.07) is 21.5. The van der Waals surface area contributed by atoms with Gasteiger partial charge in [0.15, 0.2) is 0 Å². The fourth-order valence-corrected chi connectivity index (χ4v) is 2.44. The molecule has 124 valence electrons. The number of rotatable bonds is 4. The lowest BCUT2D eigenvalue weighted by molar-refractivity contribution is 1.60. The molecular formula is C22H21N3. The summed E-state index contributed by atoms with van der Waals surface area (Å²) in [5.41, 5.74) is 24.1. The smallest absolute Gasteiger partial charge is 0.0393 e. The van der Waals surface area contributed by atoms with Crippen molar-refractivity contribution in [3.8, 4) is 0 Å². The molecule has 0 atom stereocenters. The van der Waals surface area contributed by atoms with Crippen molar-refractivity contribution in [3.05, 3.63) is 89.0 Å². The standard InChI is InChI=1S/C22H21N3/c23-20-11-5-16(6-12-20)1-2-18-4-10-19(22(25)15-18)9-3-17-7-13-21(24)14-8-17/h1-15H,23-25H2. The summed E-state index contributed by atoms with van der Waals surface area (Å²) in [6.07, 6.45) is 8.11. The zero-order valence-corrected chi connectivity index (χ0v) is 13.9. The Morgan fingerprint density at radius 3 is 1.44 bits per heavy atom. The molecule has 3 aromatic rings. The second-order valence-corrected chi connectivity index (χ2v) is 5.89. The largest absolute Gasteiger partial charge is 0.399 e. The first-order chi connectivity index (χ1) is 12.1. The minimum absolute atomic E-state index is 0.742. The van der Waals surface area contributed by atoms with E-state index in [1.165, 1.54) is 0 Å². The molecule has 0 aromatic heterocycles. The first kappa shape index (κ1) is 16.4. The van der Waals surface area contributed by atoms with Gasteiger partial charge in [0, 0.05) is 17.1 Å². The molecule has 0 unspecified atom stereocenters. The molecule has 0 amide bonds. The lowest BCUT2D eigenvalue weighted by Gasteiger charge is -2.03. The van der Waals surface area contributed by atoms with Crippen molar-refractivity contribution in [1.29, 1.82) is 0 Å². The van der Waals surface area contributed by atoms with Crippen molar-refractivity contribution in [2.45, 2.75) is 0 Å². The Kier molecular flexibility index (Phi) is 4.86. The van der Waals surface area contributed by atoms with Gasteiger partial charge >= 0.3 is 0 Å². The van der Waals surface area contributed by atoms with Crippen molar-refractivity contribution in [2.75, 3.05) is 17.2 Å². The Morgan fingerprint density at radius 2 is 0.920 bits per heavy atom. The minimum atomic E-state index is 0.742. The second kappa shape index (κ2) is 7.41. The Balaban J connectivity index is 1.74. The third-order valence-corrected chi connectivity index (χ3v) is 3.91. The lowest BCUT2D eigenvalue weighted by atomic mass is 10.1. The third kappa shape index (κ3) is 4.52. The van der Waals surface area contributed by atoms with E-state index >= 15 is 0 Å². The van der Waals surface area contributed by atoms with E-state index in [1.807, 2.05) is 91.0 Å². The van der Waals surface area contributed by atoms with E-state index in [0.29, 0.717) is 0 Å². The zero-order chi connectivity index (χ0) is 17.6. The molecule has 0 saturated heterocycles. The summed E-state index contributed by atoms with van der Waals surface area (Å²) in [4.78, 5) is 0. The van der Waals surface area contributed by atoms with Gasteiger partial charge < -0.3 is 17.2 Å². The number of nitrogens with two attached hydrogens (primary N) is 3. The van der Waals surface area contributed by atoms with Crippen LogP contribution in [0.4, 0.5) is 17.1 Å². The van der Waals surface area contributed by atoms with Crippen molar-refractivity contribution in [3.63, 3.8) is 0 Å². The summed E-state index contributed by atoms with van der Waals surface area (Å²) in [5, 5.41) is 0. The van der Waals surface area contributed by atoms with Gasteiger partial charge in [-0.2, -0.15) is 0 Å². The molecule has 0 radical (unpaired) electrons. The topological polar surface area (TPSA) is 78.1 Å². The molecule has 0 aliphatic rings. The molecule has 6 N–H and O–H groups in total. The van der Waals surface area contributed by atoms with E-state index in [1.54, 1.807) is 0 Å². The molecule has 0 bridgehead atoms. The summed E-state index contributed by atoms with van der Waals surface area (Å²) >= 11 is 0. The van der Waals surface area contributed by atoms with Gasteiger partial charge in [-0.1, -0.05) is 60.7 Å². The first-order valence-corrected chi connectivity index (χ1v) is 8.07. The van der Waals surface area contributed by atoms with Crippen molar-refractivity contribution >= 4 is 41.4 Å². The molecule has 3 heteroatoms. The third-order valence-electron chi connectivity index (χ3n) is 3.91. The van der Waals surface area contributed by atoms with Crippen LogP contribution in [0.5, 0.6) is 0 Å². The van der Waals surface area contributed by atoms with Crippen LogP contribution in [0.25, 0.3) is 24.3 Å². The maximum absolute atomic E-state index is 6.18. The Morgan fingerprint density at radius 1 is 0.480 bits per heavy atom. The molecular weight excluding hydrogens is 306 g/mol. The lowest BCUT2D eigenvalue weighted by Crippen LogP contribution is -1.90. The Labute approximate surface area is 148 Å². The van der Waals surface area contributed by atoms with E-state index in [4.69, 9.17) is 17.2 Å². The van der Waals surface area contributed by atoms with Gasteiger partial charge in [-0.05, 0) is 52.6 Å². The highest BCUT2D eigenvalue weighted by Gasteiger charge is 1.97. The van der Waals surface area contributed by atoms with Crippen LogP contribution in [0.15, 0.2) is 66.7 Å². The highest BCUT2D eigenvalue weighted by atomic mass is 14.6. The average Bonchev–Trinajstić information content (AvgIpc) is 2.62. The van der Waals surface area contributed by atoms with Crippen LogP contribution in [0.1, 0.15) is 22.3 Å². The van der Waals surface area contributed by atoms with Crippen LogP contribution in [-0.2, 0) is 0 Å². The minimum Gasteiger partial charge on any atom is -0.399 e. The Bertz CT molecular complexity index is 905. The van der Waals surface area contributed by atoms with Gasteiger partial charge in [0.2, 0.25) is 0 Å². The van der Waals surface area contributed by atoms with Gasteiger partial charge in [0.1, 0.15) is 0 Å². The predicted octanol–water partition coefficient (Wildman–Crippen LogP) is 4.77. The maximum atomic E-state index is 6.18. The molecule has 0 aliphatic heterocycles. The molecule has 3 nitrogen and oxygen atoms in total. The Hall–Kier alpha value is -3.46. The van der Waals surface area contributed by atoms with Gasteiger partial charge in [-0.3, -0.25) is 0 Å². The summed E-state index contributed by atoms with van der Waals surface area (Å²) < 4.78 is 0. The van der Waals surface area contributed by atoms with Crippen LogP contribution >= 0.6 is 0 Å². The molecule has 0 spiro atoms. The van der Waals surface area contributed by atoms with Crippen molar-refractivity contribution in [1.82, 2.24) is 0 Å². The normalized spacial score (nSPS) is 11.4. The van der Waals surface area contributed by atoms with Crippen LogP contribution < -0.4 is 17.2 Å². The quantitative estimate of drug-likeness (QED) is 0.477. The molecule has 25 heavy (non-hydrogen) atoms. The van der Waals surface area contributed by atoms with Crippen LogP contribution in [0, 0.1) is 0 Å². The summed E-state index contributed by atoms with van der Waals surface area (Å²) in [6.45, 7) is 0. The predicted molar refractivity (Wildman–Crippen MR) is 110 cm³/mol. The highest BCUT2D eigenvalue weighted by molar-refractivity contribution is 5.79. The monoisotopic (exact) mass is 327 g/mol. The van der Waals surface area contributed by atoms with Gasteiger partial charge in [0.05, 0.1) is 0 Å². The SMILES string of the molecule is Nc1ccc(C=Cc2ccc(C=Cc3ccc(N)cc3)c(N)c2)cc1. The summed E-state index contributed by atoms with van der Waals surface area (Å²) in [5.74, 6) is 0. The van der Waals surface area contributed by atoms with Gasteiger partial charge in [0.25, 0.3) is 0 Å². The number of hydrogen-bond donors (Lipinski definition) is 3. The van der Waals surface area contributed by atoms with Crippen molar-refractivity contribution < 1.29 is 0 Å². The van der Waals surface area contributed by atoms with Crippen LogP contribution in [0.3, 0.4) is 0 Å². The zero-order valence-electron chi connectivity index (χ0n) is 13.9. The number of nitrogen functional groups attached to an aromatic ring is 3. The molecule has 3 aromatic carbocycles. The number of benzene rings is 3. The maximum Gasteiger partial charge on any atom is 0.0393 e. The number of hydrogen-bond acceptors (Lipinski definition) is 3. The molecule has 0 saturated carbocycles. The van der Waals surface area contributed by atoms with E-state index in [0.717, 1.165) is 39.3 Å². The van der Waals surface area contributed by atoms with Crippen molar-refractivity contribution in [2.24, 2.45) is 0 Å².